The predicted molar refractivity (Wildman–Crippen MR) is 101 cm³/mol. The average molecular weight is 569 g/mol. The lowest BCUT2D eigenvalue weighted by atomic mass is 9.99. The van der Waals surface area contributed by atoms with E-state index in [4.69, 9.17) is 21.1 Å². The number of benzene rings is 1. The maximum atomic E-state index is 13.8. The molecule has 0 unspecified atom stereocenters. The van der Waals surface area contributed by atoms with Crippen LogP contribution in [0.2, 0.25) is 5.02 Å². The summed E-state index contributed by atoms with van der Waals surface area (Å²) < 4.78 is 64.7. The van der Waals surface area contributed by atoms with Crippen LogP contribution in [-0.4, -0.2) is 24.9 Å². The Kier molecular flexibility index (Phi) is 7.37. The molecule has 0 aliphatic heterocycles. The Morgan fingerprint density at radius 3 is 2.62 bits per heavy atom. The van der Waals surface area contributed by atoms with E-state index in [-0.39, 0.29) is 20.8 Å². The molecule has 2 aromatic rings. The monoisotopic (exact) mass is 567 g/mol. The molecule has 1 atom stereocenters. The number of nitrogens with zero attached hydrogens (tertiary/aromatic N) is 1. The fourth-order valence-corrected chi connectivity index (χ4v) is 3.41. The second kappa shape index (κ2) is 8.92. The lowest BCUT2D eigenvalue weighted by Crippen LogP contribution is -2.31. The molecule has 0 bridgehead atoms. The lowest BCUT2D eigenvalue weighted by molar-refractivity contribution is -0.181. The number of methoxy groups -OCH3 is 1. The minimum Gasteiger partial charge on any atom is -0.490 e. The largest absolute Gasteiger partial charge is 0.490 e. The molecule has 0 aliphatic rings. The van der Waals surface area contributed by atoms with E-state index in [1.807, 2.05) is 22.6 Å². The Bertz CT molecular complexity index is 792. The van der Waals surface area contributed by atoms with Crippen molar-refractivity contribution < 1.29 is 27.0 Å². The normalized spacial score (nSPS) is 12.8. The summed E-state index contributed by atoms with van der Waals surface area (Å²) in [6.45, 7) is -0.635. The first-order chi connectivity index (χ1) is 12.1. The maximum absolute atomic E-state index is 13.8. The Balaban J connectivity index is 2.18. The van der Waals surface area contributed by atoms with Crippen molar-refractivity contribution in [2.45, 2.75) is 12.6 Å². The third-order valence-electron chi connectivity index (χ3n) is 3.49. The molecule has 1 aromatic carbocycles. The molecule has 1 aromatic heterocycles. The molecule has 142 valence electrons. The van der Waals surface area contributed by atoms with Crippen molar-refractivity contribution in [1.82, 2.24) is 4.98 Å². The highest BCUT2D eigenvalue weighted by Gasteiger charge is 2.40. The Labute approximate surface area is 174 Å². The zero-order valence-corrected chi connectivity index (χ0v) is 17.7. The summed E-state index contributed by atoms with van der Waals surface area (Å²) in [4.78, 5) is 3.91. The van der Waals surface area contributed by atoms with E-state index in [1.165, 1.54) is 25.4 Å². The van der Waals surface area contributed by atoms with Crippen molar-refractivity contribution in [2.75, 3.05) is 13.7 Å². The van der Waals surface area contributed by atoms with Crippen LogP contribution in [0.1, 0.15) is 5.56 Å². The van der Waals surface area contributed by atoms with Crippen LogP contribution in [0.4, 0.5) is 17.6 Å². The number of halogens is 7. The molecule has 3 nitrogen and oxygen atoms in total. The van der Waals surface area contributed by atoms with Crippen LogP contribution in [0.15, 0.2) is 28.9 Å². The predicted octanol–water partition coefficient (Wildman–Crippen LogP) is 6.05. The van der Waals surface area contributed by atoms with Gasteiger partial charge in [-0.1, -0.05) is 17.7 Å². The number of hydrogen-bond donors (Lipinski definition) is 0. The summed E-state index contributed by atoms with van der Waals surface area (Å²) in [5.41, 5.74) is 0.153. The van der Waals surface area contributed by atoms with Gasteiger partial charge in [0.25, 0.3) is 0 Å². The van der Waals surface area contributed by atoms with Gasteiger partial charge in [-0.3, -0.25) is 0 Å². The summed E-state index contributed by atoms with van der Waals surface area (Å²) in [7, 11) is 1.43. The zero-order chi connectivity index (χ0) is 19.5. The molecule has 0 N–H and O–H groups in total. The van der Waals surface area contributed by atoms with Gasteiger partial charge in [0, 0.05) is 6.07 Å². The molecule has 10 heteroatoms. The zero-order valence-electron chi connectivity index (χ0n) is 13.2. The third kappa shape index (κ3) is 5.35. The van der Waals surface area contributed by atoms with E-state index in [0.717, 1.165) is 0 Å². The van der Waals surface area contributed by atoms with Crippen LogP contribution in [0.25, 0.3) is 0 Å². The van der Waals surface area contributed by atoms with Gasteiger partial charge in [-0.2, -0.15) is 13.2 Å². The number of pyridine rings is 1. The van der Waals surface area contributed by atoms with Crippen molar-refractivity contribution in [3.63, 3.8) is 0 Å². The van der Waals surface area contributed by atoms with Gasteiger partial charge >= 0.3 is 6.18 Å². The number of ether oxygens (including phenoxy) is 2. The molecule has 0 spiro atoms. The second-order valence-corrected chi connectivity index (χ2v) is 7.61. The lowest BCUT2D eigenvalue weighted by Gasteiger charge is -2.22. The van der Waals surface area contributed by atoms with Crippen molar-refractivity contribution in [2.24, 2.45) is 5.92 Å². The Morgan fingerprint density at radius 1 is 1.35 bits per heavy atom. The van der Waals surface area contributed by atoms with Crippen LogP contribution in [0.3, 0.4) is 0 Å². The first-order valence-corrected chi connectivity index (χ1v) is 9.39. The first-order valence-electron chi connectivity index (χ1n) is 7.15. The van der Waals surface area contributed by atoms with Gasteiger partial charge in [-0.15, -0.1) is 0 Å². The third-order valence-corrected chi connectivity index (χ3v) is 5.48. The SMILES string of the molecule is COc1cc(I)c(OC[C@@H](Cc2ccc(Cl)c(F)c2Br)C(F)(F)F)cn1. The summed E-state index contributed by atoms with van der Waals surface area (Å²) in [5, 5.41) is -0.167. The molecule has 0 radical (unpaired) electrons. The number of hydrogen-bond acceptors (Lipinski definition) is 3. The van der Waals surface area contributed by atoms with Crippen molar-refractivity contribution in [3.8, 4) is 11.6 Å². The van der Waals surface area contributed by atoms with Crippen LogP contribution >= 0.6 is 50.1 Å². The van der Waals surface area contributed by atoms with Crippen molar-refractivity contribution in [1.29, 1.82) is 0 Å². The molecule has 0 aliphatic carbocycles. The summed E-state index contributed by atoms with van der Waals surface area (Å²) in [5.74, 6) is -2.09. The quantitative estimate of drug-likeness (QED) is 0.242. The minimum absolute atomic E-state index is 0.0834. The second-order valence-electron chi connectivity index (χ2n) is 5.25. The molecule has 26 heavy (non-hydrogen) atoms. The summed E-state index contributed by atoms with van der Waals surface area (Å²) >= 11 is 10.5. The van der Waals surface area contributed by atoms with E-state index in [1.54, 1.807) is 6.07 Å². The number of aromatic nitrogens is 1. The van der Waals surface area contributed by atoms with Crippen LogP contribution in [0.5, 0.6) is 11.6 Å². The standard InChI is InChI=1S/C16H12BrClF4INO2/c1-25-13-5-11(23)12(6-24-13)26-7-9(16(20,21)22)4-8-2-3-10(18)15(19)14(8)17/h2-3,5-6,9H,4,7H2,1H3/t9-/m1/s1. The molecule has 0 amide bonds. The van der Waals surface area contributed by atoms with E-state index in [2.05, 4.69) is 20.9 Å². The molecule has 2 rings (SSSR count). The number of alkyl halides is 3. The van der Waals surface area contributed by atoms with E-state index in [9.17, 15) is 17.6 Å². The van der Waals surface area contributed by atoms with Crippen molar-refractivity contribution >= 4 is 50.1 Å². The fourth-order valence-electron chi connectivity index (χ4n) is 2.07. The van der Waals surface area contributed by atoms with Crippen LogP contribution in [0, 0.1) is 15.3 Å². The van der Waals surface area contributed by atoms with E-state index < -0.39 is 30.9 Å². The van der Waals surface area contributed by atoms with Crippen molar-refractivity contribution in [3.05, 3.63) is 48.8 Å². The molecular weight excluding hydrogens is 556 g/mol. The summed E-state index contributed by atoms with van der Waals surface area (Å²) in [6, 6.07) is 4.12. The summed E-state index contributed by atoms with van der Waals surface area (Å²) in [6.07, 6.45) is -3.69. The fraction of sp³-hybridized carbons (Fsp3) is 0.312. The average Bonchev–Trinajstić information content (AvgIpc) is 2.58. The van der Waals surface area contributed by atoms with Gasteiger partial charge in [-0.05, 0) is 56.6 Å². The number of rotatable bonds is 6. The molecule has 0 saturated carbocycles. The van der Waals surface area contributed by atoms with Gasteiger partial charge in [0.15, 0.2) is 11.6 Å². The van der Waals surface area contributed by atoms with E-state index in [0.29, 0.717) is 9.45 Å². The first kappa shape index (κ1) is 21.5. The van der Waals surface area contributed by atoms with Crippen LogP contribution < -0.4 is 9.47 Å². The van der Waals surface area contributed by atoms with Gasteiger partial charge in [-0.25, -0.2) is 9.37 Å². The highest BCUT2D eigenvalue weighted by atomic mass is 127. The highest BCUT2D eigenvalue weighted by Crippen LogP contribution is 2.35. The van der Waals surface area contributed by atoms with Gasteiger partial charge in [0.2, 0.25) is 5.88 Å². The smallest absolute Gasteiger partial charge is 0.395 e. The highest BCUT2D eigenvalue weighted by molar-refractivity contribution is 14.1. The van der Waals surface area contributed by atoms with Gasteiger partial charge < -0.3 is 9.47 Å². The topological polar surface area (TPSA) is 31.4 Å². The van der Waals surface area contributed by atoms with Gasteiger partial charge in [0.1, 0.15) is 6.61 Å². The molecular formula is C16H12BrClF4INO2. The maximum Gasteiger partial charge on any atom is 0.395 e. The van der Waals surface area contributed by atoms with Gasteiger partial charge in [0.05, 0.1) is 32.3 Å². The Morgan fingerprint density at radius 2 is 2.04 bits per heavy atom. The van der Waals surface area contributed by atoms with Crippen LogP contribution in [-0.2, 0) is 6.42 Å². The minimum atomic E-state index is -4.53. The molecule has 0 fully saturated rings. The molecule has 1 heterocycles. The molecule has 0 saturated heterocycles. The Hall–Kier alpha value is -0.810. The van der Waals surface area contributed by atoms with E-state index >= 15 is 0 Å².